The van der Waals surface area contributed by atoms with Gasteiger partial charge >= 0.3 is 0 Å². The van der Waals surface area contributed by atoms with Crippen LogP contribution in [-0.2, 0) is 0 Å². The molecule has 1 aromatic carbocycles. The van der Waals surface area contributed by atoms with Gasteiger partial charge in [-0.1, -0.05) is 22.0 Å². The van der Waals surface area contributed by atoms with E-state index in [2.05, 4.69) is 21.2 Å². The molecular formula is C18H13BrFN5. The molecule has 0 fully saturated rings. The number of hydrogen-bond acceptors (Lipinski definition) is 5. The van der Waals surface area contributed by atoms with Gasteiger partial charge in [-0.15, -0.1) is 0 Å². The maximum Gasteiger partial charge on any atom is 0.204 e. The molecule has 1 aliphatic heterocycles. The number of allylic oxidation sites excluding steroid dienone is 2. The quantitative estimate of drug-likeness (QED) is 0.707. The minimum Gasteiger partial charge on any atom is -0.399 e. The van der Waals surface area contributed by atoms with Crippen LogP contribution in [0.4, 0.5) is 4.39 Å². The second kappa shape index (κ2) is 6.33. The summed E-state index contributed by atoms with van der Waals surface area (Å²) in [7, 11) is 0. The first-order chi connectivity index (χ1) is 12.0. The lowest BCUT2D eigenvalue weighted by molar-refractivity contribution is 0.397. The van der Waals surface area contributed by atoms with Crippen molar-refractivity contribution in [3.63, 3.8) is 0 Å². The molecule has 2 aliphatic rings. The molecule has 0 saturated carbocycles. The average molecular weight is 398 g/mol. The van der Waals surface area contributed by atoms with Crippen molar-refractivity contribution in [3.8, 4) is 18.2 Å². The topological polar surface area (TPSA) is 109 Å². The zero-order chi connectivity index (χ0) is 18.2. The van der Waals surface area contributed by atoms with E-state index in [1.807, 2.05) is 18.2 Å². The first-order valence-electron chi connectivity index (χ1n) is 7.59. The summed E-state index contributed by atoms with van der Waals surface area (Å²) in [5, 5.41) is 32.2. The van der Waals surface area contributed by atoms with Crippen LogP contribution in [0, 0.1) is 51.1 Å². The monoisotopic (exact) mass is 397 g/mol. The highest BCUT2D eigenvalue weighted by atomic mass is 79.9. The van der Waals surface area contributed by atoms with Gasteiger partial charge in [0.15, 0.2) is 0 Å². The zero-order valence-electron chi connectivity index (χ0n) is 13.1. The molecule has 0 radical (unpaired) electrons. The van der Waals surface area contributed by atoms with Crippen LogP contribution >= 0.6 is 15.9 Å². The highest BCUT2D eigenvalue weighted by Gasteiger charge is 2.52. The third-order valence-electron chi connectivity index (χ3n) is 4.82. The first-order valence-corrected chi connectivity index (χ1v) is 8.38. The van der Waals surface area contributed by atoms with E-state index in [9.17, 15) is 20.2 Å². The van der Waals surface area contributed by atoms with Crippen molar-refractivity contribution in [2.24, 2.45) is 17.1 Å². The molecular weight excluding hydrogens is 385 g/mol. The Morgan fingerprint density at radius 2 is 2.00 bits per heavy atom. The van der Waals surface area contributed by atoms with E-state index < -0.39 is 23.1 Å². The number of halogens is 2. The van der Waals surface area contributed by atoms with Gasteiger partial charge in [0.05, 0.1) is 29.5 Å². The largest absolute Gasteiger partial charge is 0.399 e. The fraction of sp³-hybridized carbons (Fsp3) is 0.278. The fourth-order valence-electron chi connectivity index (χ4n) is 3.67. The molecule has 1 aliphatic carbocycles. The minimum atomic E-state index is -1.68. The Labute approximate surface area is 153 Å². The Kier molecular flexibility index (Phi) is 4.35. The van der Waals surface area contributed by atoms with Crippen LogP contribution < -0.4 is 11.1 Å². The molecule has 3 N–H and O–H groups in total. The van der Waals surface area contributed by atoms with Crippen LogP contribution in [0.3, 0.4) is 0 Å². The van der Waals surface area contributed by atoms with E-state index in [1.54, 1.807) is 18.2 Å². The third-order valence-corrected chi connectivity index (χ3v) is 5.31. The SMILES string of the molecule is N#CC1=C(N)C(C#N)(C#N)C2=CCNC[C@H]2[C@H]1c1cc(Br)ccc1F. The van der Waals surface area contributed by atoms with Crippen LogP contribution in [0.15, 0.2) is 45.6 Å². The Morgan fingerprint density at radius 3 is 2.64 bits per heavy atom. The molecule has 0 bridgehead atoms. The third kappa shape index (κ3) is 2.43. The number of nitrogens with two attached hydrogens (primary N) is 1. The molecule has 25 heavy (non-hydrogen) atoms. The summed E-state index contributed by atoms with van der Waals surface area (Å²) in [5.41, 5.74) is 5.27. The van der Waals surface area contributed by atoms with Crippen molar-refractivity contribution >= 4 is 15.9 Å². The number of rotatable bonds is 1. The molecule has 1 aromatic rings. The number of benzene rings is 1. The van der Waals surface area contributed by atoms with E-state index in [4.69, 9.17) is 5.73 Å². The van der Waals surface area contributed by atoms with Crippen LogP contribution in [0.2, 0.25) is 0 Å². The van der Waals surface area contributed by atoms with Crippen molar-refractivity contribution in [2.75, 3.05) is 13.1 Å². The van der Waals surface area contributed by atoms with Crippen molar-refractivity contribution in [1.29, 1.82) is 15.8 Å². The molecule has 124 valence electrons. The van der Waals surface area contributed by atoms with Gasteiger partial charge in [0, 0.05) is 29.4 Å². The number of hydrogen-bond donors (Lipinski definition) is 2. The molecule has 0 spiro atoms. The zero-order valence-corrected chi connectivity index (χ0v) is 14.6. The smallest absolute Gasteiger partial charge is 0.204 e. The van der Waals surface area contributed by atoms with Gasteiger partial charge in [-0.05, 0) is 29.3 Å². The predicted octanol–water partition coefficient (Wildman–Crippen LogP) is 2.60. The van der Waals surface area contributed by atoms with Gasteiger partial charge in [0.2, 0.25) is 5.41 Å². The van der Waals surface area contributed by atoms with E-state index in [0.717, 1.165) is 0 Å². The molecule has 0 unspecified atom stereocenters. The second-order valence-corrected chi connectivity index (χ2v) is 6.90. The summed E-state index contributed by atoms with van der Waals surface area (Å²) in [4.78, 5) is 0. The normalized spacial score (nSPS) is 24.4. The summed E-state index contributed by atoms with van der Waals surface area (Å²) < 4.78 is 15.2. The number of nitriles is 3. The summed E-state index contributed by atoms with van der Waals surface area (Å²) in [6, 6.07) is 10.5. The van der Waals surface area contributed by atoms with Crippen molar-refractivity contribution in [3.05, 3.63) is 57.0 Å². The lowest BCUT2D eigenvalue weighted by atomic mass is 9.60. The molecule has 0 saturated heterocycles. The molecule has 0 aromatic heterocycles. The molecule has 0 amide bonds. The van der Waals surface area contributed by atoms with Gasteiger partial charge in [0.1, 0.15) is 5.82 Å². The van der Waals surface area contributed by atoms with Gasteiger partial charge in [-0.3, -0.25) is 0 Å². The summed E-state index contributed by atoms with van der Waals surface area (Å²) in [6.45, 7) is 0.909. The summed E-state index contributed by atoms with van der Waals surface area (Å²) >= 11 is 3.33. The first kappa shape index (κ1) is 17.2. The number of nitrogens with zero attached hydrogens (tertiary/aromatic N) is 3. The van der Waals surface area contributed by atoms with Crippen molar-refractivity contribution in [1.82, 2.24) is 5.32 Å². The van der Waals surface area contributed by atoms with Crippen LogP contribution in [0.1, 0.15) is 11.5 Å². The van der Waals surface area contributed by atoms with Crippen molar-refractivity contribution < 1.29 is 4.39 Å². The molecule has 3 rings (SSSR count). The fourth-order valence-corrected chi connectivity index (χ4v) is 4.05. The van der Waals surface area contributed by atoms with Gasteiger partial charge in [0.25, 0.3) is 0 Å². The maximum atomic E-state index is 14.5. The lowest BCUT2D eigenvalue weighted by Crippen LogP contribution is -2.46. The van der Waals surface area contributed by atoms with Gasteiger partial charge in [-0.2, -0.15) is 15.8 Å². The van der Waals surface area contributed by atoms with E-state index >= 15 is 0 Å². The standard InChI is InChI=1S/C18H13BrFN5/c19-10-1-2-15(20)11(5-10)16-12(6-21)17(24)18(8-22,9-23)14-3-4-25-7-13(14)16/h1-3,5,13,16,25H,4,7,24H2/t13-,16+/m1/s1. The highest BCUT2D eigenvalue weighted by molar-refractivity contribution is 9.10. The highest BCUT2D eigenvalue weighted by Crippen LogP contribution is 2.52. The number of fused-ring (bicyclic) bond motifs is 1. The van der Waals surface area contributed by atoms with Gasteiger partial charge in [-0.25, -0.2) is 4.39 Å². The minimum absolute atomic E-state index is 0.0750. The number of nitrogens with one attached hydrogen (secondary N) is 1. The molecule has 5 nitrogen and oxygen atoms in total. The summed E-state index contributed by atoms with van der Waals surface area (Å²) in [5.74, 6) is -1.52. The Balaban J connectivity index is 2.35. The maximum absolute atomic E-state index is 14.5. The average Bonchev–Trinajstić information content (AvgIpc) is 2.63. The van der Waals surface area contributed by atoms with Crippen LogP contribution in [-0.4, -0.2) is 13.1 Å². The molecule has 1 heterocycles. The van der Waals surface area contributed by atoms with Gasteiger partial charge < -0.3 is 11.1 Å². The lowest BCUT2D eigenvalue weighted by Gasteiger charge is -2.42. The van der Waals surface area contributed by atoms with E-state index in [1.165, 1.54) is 6.07 Å². The van der Waals surface area contributed by atoms with E-state index in [-0.39, 0.29) is 11.3 Å². The Bertz CT molecular complexity index is 914. The van der Waals surface area contributed by atoms with Crippen LogP contribution in [0.5, 0.6) is 0 Å². The Morgan fingerprint density at radius 1 is 1.28 bits per heavy atom. The second-order valence-electron chi connectivity index (χ2n) is 5.98. The van der Waals surface area contributed by atoms with Crippen molar-refractivity contribution in [2.45, 2.75) is 5.92 Å². The van der Waals surface area contributed by atoms with Crippen LogP contribution in [0.25, 0.3) is 0 Å². The Hall–Kier alpha value is -2.66. The van der Waals surface area contributed by atoms with E-state index in [0.29, 0.717) is 28.7 Å². The predicted molar refractivity (Wildman–Crippen MR) is 91.8 cm³/mol. The summed E-state index contributed by atoms with van der Waals surface area (Å²) in [6.07, 6.45) is 1.75. The molecule has 7 heteroatoms. The molecule has 2 atom stereocenters.